The predicted molar refractivity (Wildman–Crippen MR) is 290 cm³/mol. The quantitative estimate of drug-likeness (QED) is 0.138. The van der Waals surface area contributed by atoms with E-state index in [1.807, 2.05) is 36.4 Å². The predicted octanol–water partition coefficient (Wildman–Crippen LogP) is 18.1. The van der Waals surface area contributed by atoms with Gasteiger partial charge in [-0.25, -0.2) is 4.98 Å². The van der Waals surface area contributed by atoms with Crippen molar-refractivity contribution in [3.05, 3.63) is 167 Å². The number of para-hydroxylation sites is 1. The first-order chi connectivity index (χ1) is 33.6. The van der Waals surface area contributed by atoms with Crippen LogP contribution in [0.25, 0.3) is 106 Å². The topological polar surface area (TPSA) is 77.2 Å². The van der Waals surface area contributed by atoms with E-state index in [4.69, 9.17) is 18.8 Å². The Bertz CT molecular complexity index is 3730. The Balaban J connectivity index is 0.00000582. The molecular formula is C64H60N3O3Pt-. The molecule has 360 valence electrons. The summed E-state index contributed by atoms with van der Waals surface area (Å²) in [7, 11) is 0. The second kappa shape index (κ2) is 18.1. The minimum atomic E-state index is -0.168. The second-order valence-electron chi connectivity index (χ2n) is 21.4. The average molecular weight is 1110 g/mol. The monoisotopic (exact) mass is 1110 g/mol. The van der Waals surface area contributed by atoms with Crippen molar-refractivity contribution in [2.75, 3.05) is 0 Å². The fourth-order valence-electron chi connectivity index (χ4n) is 10.6. The molecule has 0 amide bonds. The molecular weight excluding hydrogens is 1050 g/mol. The Morgan fingerprint density at radius 1 is 0.549 bits per heavy atom. The summed E-state index contributed by atoms with van der Waals surface area (Å²) in [4.78, 5) is 11.3. The molecule has 4 heterocycles. The molecule has 4 aromatic heterocycles. The molecule has 1 N–H and O–H groups in total. The molecule has 0 aliphatic rings. The zero-order valence-corrected chi connectivity index (χ0v) is 44.7. The summed E-state index contributed by atoms with van der Waals surface area (Å²) in [6.45, 7) is 24.6. The van der Waals surface area contributed by atoms with Gasteiger partial charge in [-0.15, -0.1) is 35.4 Å². The van der Waals surface area contributed by atoms with Gasteiger partial charge in [0, 0.05) is 32.3 Å². The van der Waals surface area contributed by atoms with Crippen LogP contribution in [0.4, 0.5) is 0 Å². The van der Waals surface area contributed by atoms with Crippen LogP contribution in [0.3, 0.4) is 0 Å². The van der Waals surface area contributed by atoms with Crippen molar-refractivity contribution in [1.29, 1.82) is 0 Å². The Morgan fingerprint density at radius 3 is 1.76 bits per heavy atom. The van der Waals surface area contributed by atoms with Gasteiger partial charge in [-0.2, -0.15) is 0 Å². The molecule has 0 fully saturated rings. The van der Waals surface area contributed by atoms with Crippen LogP contribution in [0.1, 0.15) is 128 Å². The average Bonchev–Trinajstić information content (AvgIpc) is 4.06. The van der Waals surface area contributed by atoms with E-state index in [2.05, 4.69) is 184 Å². The number of aromatic nitrogens is 3. The summed E-state index contributed by atoms with van der Waals surface area (Å²) in [5.41, 5.74) is 19.7. The third-order valence-electron chi connectivity index (χ3n) is 14.3. The van der Waals surface area contributed by atoms with E-state index < -0.39 is 0 Å². The first-order valence-electron chi connectivity index (χ1n) is 24.9. The first-order valence-corrected chi connectivity index (χ1v) is 24.9. The number of imidazole rings is 1. The smallest absolute Gasteiger partial charge is 0.163 e. The zero-order valence-electron chi connectivity index (χ0n) is 42.4. The Kier molecular flexibility index (Phi) is 12.2. The van der Waals surface area contributed by atoms with Crippen molar-refractivity contribution in [2.45, 2.75) is 105 Å². The van der Waals surface area contributed by atoms with E-state index in [0.717, 1.165) is 60.9 Å². The van der Waals surface area contributed by atoms with Crippen LogP contribution in [-0.4, -0.2) is 19.6 Å². The molecule has 7 heteroatoms. The van der Waals surface area contributed by atoms with Gasteiger partial charge >= 0.3 is 0 Å². The number of hydrogen-bond acceptors (Lipinski definition) is 5. The van der Waals surface area contributed by atoms with Crippen LogP contribution in [0.2, 0.25) is 0 Å². The summed E-state index contributed by atoms with van der Waals surface area (Å²) in [5.74, 6) is 1.79. The molecule has 0 aliphatic carbocycles. The number of nitrogens with zero attached hydrogens (tertiary/aromatic N) is 3. The summed E-state index contributed by atoms with van der Waals surface area (Å²) in [6, 6.07) is 50.4. The number of pyridine rings is 1. The van der Waals surface area contributed by atoms with Crippen LogP contribution in [0, 0.1) is 6.07 Å². The van der Waals surface area contributed by atoms with Gasteiger partial charge in [0.15, 0.2) is 5.58 Å². The van der Waals surface area contributed by atoms with E-state index in [1.54, 1.807) is 0 Å². The van der Waals surface area contributed by atoms with Crippen molar-refractivity contribution in [3.63, 3.8) is 0 Å². The standard InChI is InChI=1S/C64H60N3O3.Pt/c1-35(2)44-23-16-24-45(36(3)4)54(44)40-21-15-22-41(31-40)57-61-56-55-52(69-61)27-18-28-53(55)70-62(56)59(65-57)47-25-17-26-50-58(47)66-63(46-30-29-43(34-51(46)68)64(9,10)11)67(50)60-48(37(5)6)32-42(33-49(60)38(7)8)39-19-13-12-14-20-39;/h12-21,23-38,68H,1-11H3;/q-1;. The number of aromatic hydroxyl groups is 1. The van der Waals surface area contributed by atoms with E-state index in [0.29, 0.717) is 45.8 Å². The minimum absolute atomic E-state index is 0. The Hall–Kier alpha value is -6.75. The van der Waals surface area contributed by atoms with Gasteiger partial charge in [0.1, 0.15) is 34.0 Å². The summed E-state index contributed by atoms with van der Waals surface area (Å²) in [5, 5.41) is 14.0. The molecule has 6 nitrogen and oxygen atoms in total. The molecule has 0 saturated carbocycles. The van der Waals surface area contributed by atoms with Crippen LogP contribution in [0.5, 0.6) is 5.75 Å². The number of rotatable bonds is 10. The third-order valence-corrected chi connectivity index (χ3v) is 14.3. The summed E-state index contributed by atoms with van der Waals surface area (Å²) >= 11 is 0. The molecule has 0 aliphatic heterocycles. The minimum Gasteiger partial charge on any atom is -0.507 e. The SMILES string of the molecule is CC(C)c1cccc(C(C)C)c1-c1cc[c-]c(-c2nc(-c3cccc4c3nc(-c3ccc(C(C)(C)C)cc3O)n4-c3c(C(C)C)cc(-c4ccccc4)cc3C(C)C)c3oc4cccc5oc2c3c54)c1.[Pt]. The van der Waals surface area contributed by atoms with Gasteiger partial charge < -0.3 is 13.9 Å². The molecule has 0 spiro atoms. The largest absolute Gasteiger partial charge is 0.507 e. The first kappa shape index (κ1) is 47.9. The van der Waals surface area contributed by atoms with E-state index in [1.165, 1.54) is 38.9 Å². The summed E-state index contributed by atoms with van der Waals surface area (Å²) in [6.07, 6.45) is 0. The van der Waals surface area contributed by atoms with Gasteiger partial charge in [0.2, 0.25) is 0 Å². The molecule has 71 heavy (non-hydrogen) atoms. The molecule has 11 rings (SSSR count). The van der Waals surface area contributed by atoms with Gasteiger partial charge in [-0.1, -0.05) is 149 Å². The maximum atomic E-state index is 12.2. The van der Waals surface area contributed by atoms with Crippen molar-refractivity contribution >= 4 is 44.1 Å². The maximum Gasteiger partial charge on any atom is 0.163 e. The van der Waals surface area contributed by atoms with E-state index in [-0.39, 0.29) is 44.1 Å². The van der Waals surface area contributed by atoms with Crippen LogP contribution in [-0.2, 0) is 26.5 Å². The van der Waals surface area contributed by atoms with Crippen molar-refractivity contribution in [3.8, 4) is 67.6 Å². The third kappa shape index (κ3) is 8.00. The fraction of sp³-hybridized carbons (Fsp3) is 0.250. The van der Waals surface area contributed by atoms with E-state index >= 15 is 0 Å². The number of benzene rings is 7. The number of fused-ring (bicyclic) bond motifs is 1. The van der Waals surface area contributed by atoms with Crippen LogP contribution in [0.15, 0.2) is 142 Å². The van der Waals surface area contributed by atoms with Crippen LogP contribution < -0.4 is 0 Å². The van der Waals surface area contributed by atoms with Crippen molar-refractivity contribution in [2.24, 2.45) is 0 Å². The zero-order chi connectivity index (χ0) is 48.9. The molecule has 7 aromatic carbocycles. The number of phenolic OH excluding ortho intramolecular Hbond substituents is 1. The molecule has 0 radical (unpaired) electrons. The normalized spacial score (nSPS) is 12.3. The molecule has 11 aromatic rings. The fourth-order valence-corrected chi connectivity index (χ4v) is 10.6. The van der Waals surface area contributed by atoms with E-state index in [9.17, 15) is 5.11 Å². The molecule has 0 bridgehead atoms. The van der Waals surface area contributed by atoms with Crippen LogP contribution >= 0.6 is 0 Å². The van der Waals surface area contributed by atoms with Crippen molar-refractivity contribution < 1.29 is 35.0 Å². The number of phenols is 1. The molecule has 0 atom stereocenters. The number of furan rings is 2. The Labute approximate surface area is 431 Å². The summed E-state index contributed by atoms with van der Waals surface area (Å²) < 4.78 is 16.0. The van der Waals surface area contributed by atoms with Gasteiger partial charge in [0.25, 0.3) is 0 Å². The van der Waals surface area contributed by atoms with Gasteiger partial charge in [-0.05, 0) is 116 Å². The van der Waals surface area contributed by atoms with Gasteiger partial charge in [0.05, 0.1) is 33.1 Å². The maximum absolute atomic E-state index is 12.2. The second-order valence-corrected chi connectivity index (χ2v) is 21.4. The molecule has 0 unspecified atom stereocenters. The Morgan fingerprint density at radius 2 is 1.15 bits per heavy atom. The van der Waals surface area contributed by atoms with Crippen molar-refractivity contribution in [1.82, 2.24) is 14.5 Å². The number of hydrogen-bond donors (Lipinski definition) is 1. The molecule has 0 saturated heterocycles. The van der Waals surface area contributed by atoms with Gasteiger partial charge in [-0.3, -0.25) is 9.55 Å².